The molecule has 4 nitrogen and oxygen atoms in total. The average molecular weight is 347 g/mol. The number of hydrogen-bond acceptors (Lipinski definition) is 2. The molecule has 134 valence electrons. The SMILES string of the molecule is CCc1[nH]nc2ccc(C(=O)NC(c3ccccc3)C3CCCC3)cc12. The standard InChI is InChI=1S/C22H25N3O/c1-2-19-18-14-17(12-13-20(18)25-24-19)22(26)23-21(16-10-6-7-11-16)15-8-4-3-5-9-15/h3-5,8-9,12-14,16,21H,2,6-7,10-11H2,1H3,(H,23,26)(H,24,25). The number of H-pyrrole nitrogens is 1. The molecule has 1 aliphatic carbocycles. The van der Waals surface area contributed by atoms with E-state index in [0.717, 1.165) is 23.0 Å². The first kappa shape index (κ1) is 16.8. The maximum atomic E-state index is 13.0. The number of carbonyl (C=O) groups is 1. The first-order chi connectivity index (χ1) is 12.8. The largest absolute Gasteiger partial charge is 0.345 e. The Kier molecular flexibility index (Phi) is 4.74. The van der Waals surface area contributed by atoms with Crippen LogP contribution in [0.5, 0.6) is 0 Å². The van der Waals surface area contributed by atoms with Gasteiger partial charge in [0, 0.05) is 16.6 Å². The summed E-state index contributed by atoms with van der Waals surface area (Å²) in [6.45, 7) is 2.09. The molecular formula is C22H25N3O. The van der Waals surface area contributed by atoms with Gasteiger partial charge in [0.15, 0.2) is 0 Å². The molecule has 1 aromatic heterocycles. The van der Waals surface area contributed by atoms with Crippen molar-refractivity contribution < 1.29 is 4.79 Å². The number of aryl methyl sites for hydroxylation is 1. The number of benzene rings is 2. The highest BCUT2D eigenvalue weighted by Crippen LogP contribution is 2.36. The number of nitrogens with zero attached hydrogens (tertiary/aromatic N) is 1. The summed E-state index contributed by atoms with van der Waals surface area (Å²) in [5.41, 5.74) is 3.89. The van der Waals surface area contributed by atoms with Crippen LogP contribution >= 0.6 is 0 Å². The van der Waals surface area contributed by atoms with E-state index >= 15 is 0 Å². The number of amides is 1. The average Bonchev–Trinajstić information content (AvgIpc) is 3.35. The van der Waals surface area contributed by atoms with Crippen molar-refractivity contribution in [3.05, 3.63) is 65.4 Å². The van der Waals surface area contributed by atoms with Crippen molar-refractivity contribution in [3.63, 3.8) is 0 Å². The molecule has 1 heterocycles. The van der Waals surface area contributed by atoms with Gasteiger partial charge in [-0.05, 0) is 48.9 Å². The van der Waals surface area contributed by atoms with Gasteiger partial charge in [-0.2, -0.15) is 5.10 Å². The fourth-order valence-corrected chi connectivity index (χ4v) is 4.12. The lowest BCUT2D eigenvalue weighted by Gasteiger charge is -2.25. The first-order valence-corrected chi connectivity index (χ1v) is 9.59. The third-order valence-electron chi connectivity index (χ3n) is 5.57. The maximum Gasteiger partial charge on any atom is 0.251 e. The lowest BCUT2D eigenvalue weighted by molar-refractivity contribution is 0.0922. The van der Waals surface area contributed by atoms with Crippen molar-refractivity contribution in [1.82, 2.24) is 15.5 Å². The molecular weight excluding hydrogens is 322 g/mol. The molecule has 1 amide bonds. The van der Waals surface area contributed by atoms with Crippen LogP contribution in [-0.4, -0.2) is 16.1 Å². The molecule has 4 rings (SSSR count). The van der Waals surface area contributed by atoms with Crippen LogP contribution in [0.2, 0.25) is 0 Å². The van der Waals surface area contributed by atoms with Crippen LogP contribution in [0.3, 0.4) is 0 Å². The third kappa shape index (κ3) is 3.24. The van der Waals surface area contributed by atoms with Gasteiger partial charge in [0.05, 0.1) is 11.6 Å². The van der Waals surface area contributed by atoms with Crippen LogP contribution in [-0.2, 0) is 6.42 Å². The zero-order valence-corrected chi connectivity index (χ0v) is 15.2. The molecule has 2 N–H and O–H groups in total. The van der Waals surface area contributed by atoms with Crippen molar-refractivity contribution in [2.45, 2.75) is 45.1 Å². The molecule has 4 heteroatoms. The third-order valence-corrected chi connectivity index (χ3v) is 5.57. The number of aromatic nitrogens is 2. The van der Waals surface area contributed by atoms with E-state index in [1.165, 1.54) is 31.2 Å². The number of hydrogen-bond donors (Lipinski definition) is 2. The molecule has 0 saturated heterocycles. The monoisotopic (exact) mass is 347 g/mol. The molecule has 0 aliphatic heterocycles. The van der Waals surface area contributed by atoms with E-state index in [1.807, 2.05) is 24.3 Å². The Morgan fingerprint density at radius 1 is 1.19 bits per heavy atom. The molecule has 0 bridgehead atoms. The Balaban J connectivity index is 1.62. The van der Waals surface area contributed by atoms with Crippen molar-refractivity contribution in [1.29, 1.82) is 0 Å². The van der Waals surface area contributed by atoms with Gasteiger partial charge in [0.2, 0.25) is 0 Å². The van der Waals surface area contributed by atoms with Gasteiger partial charge in [-0.1, -0.05) is 50.1 Å². The Morgan fingerprint density at radius 2 is 1.96 bits per heavy atom. The minimum Gasteiger partial charge on any atom is -0.345 e. The Bertz CT molecular complexity index is 894. The highest BCUT2D eigenvalue weighted by Gasteiger charge is 2.28. The van der Waals surface area contributed by atoms with Crippen LogP contribution in [0, 0.1) is 5.92 Å². The van der Waals surface area contributed by atoms with E-state index in [9.17, 15) is 4.79 Å². The summed E-state index contributed by atoms with van der Waals surface area (Å²) in [4.78, 5) is 13.0. The Hall–Kier alpha value is -2.62. The summed E-state index contributed by atoms with van der Waals surface area (Å²) in [7, 11) is 0. The molecule has 1 atom stereocenters. The summed E-state index contributed by atoms with van der Waals surface area (Å²) in [6.07, 6.45) is 5.74. The normalized spacial score (nSPS) is 16.0. The lowest BCUT2D eigenvalue weighted by Crippen LogP contribution is -2.32. The number of aromatic amines is 1. The highest BCUT2D eigenvalue weighted by molar-refractivity contribution is 5.98. The molecule has 1 aliphatic rings. The highest BCUT2D eigenvalue weighted by atomic mass is 16.1. The molecule has 1 unspecified atom stereocenters. The molecule has 1 fully saturated rings. The van der Waals surface area contributed by atoms with Crippen LogP contribution < -0.4 is 5.32 Å². The van der Waals surface area contributed by atoms with Gasteiger partial charge < -0.3 is 5.32 Å². The van der Waals surface area contributed by atoms with E-state index in [4.69, 9.17) is 0 Å². The summed E-state index contributed by atoms with van der Waals surface area (Å²) in [6, 6.07) is 16.2. The van der Waals surface area contributed by atoms with Crippen molar-refractivity contribution >= 4 is 16.8 Å². The van der Waals surface area contributed by atoms with Crippen molar-refractivity contribution in [2.24, 2.45) is 5.92 Å². The van der Waals surface area contributed by atoms with E-state index in [1.54, 1.807) is 0 Å². The van der Waals surface area contributed by atoms with E-state index in [2.05, 4.69) is 46.7 Å². The maximum absolute atomic E-state index is 13.0. The minimum atomic E-state index is -0.00379. The predicted molar refractivity (Wildman–Crippen MR) is 104 cm³/mol. The van der Waals surface area contributed by atoms with Gasteiger partial charge in [0.25, 0.3) is 5.91 Å². The molecule has 2 aromatic carbocycles. The van der Waals surface area contributed by atoms with Crippen molar-refractivity contribution in [3.8, 4) is 0 Å². The number of carbonyl (C=O) groups excluding carboxylic acids is 1. The number of nitrogens with one attached hydrogen (secondary N) is 2. The van der Waals surface area contributed by atoms with E-state index < -0.39 is 0 Å². The summed E-state index contributed by atoms with van der Waals surface area (Å²) < 4.78 is 0. The second kappa shape index (κ2) is 7.32. The summed E-state index contributed by atoms with van der Waals surface area (Å²) >= 11 is 0. The first-order valence-electron chi connectivity index (χ1n) is 9.59. The van der Waals surface area contributed by atoms with Crippen LogP contribution in [0.4, 0.5) is 0 Å². The molecule has 1 saturated carbocycles. The van der Waals surface area contributed by atoms with Crippen LogP contribution in [0.15, 0.2) is 48.5 Å². The summed E-state index contributed by atoms with van der Waals surface area (Å²) in [5.74, 6) is 0.515. The smallest absolute Gasteiger partial charge is 0.251 e. The predicted octanol–water partition coefficient (Wildman–Crippen LogP) is 4.79. The molecule has 0 spiro atoms. The quantitative estimate of drug-likeness (QED) is 0.697. The zero-order valence-electron chi connectivity index (χ0n) is 15.2. The van der Waals surface area contributed by atoms with Crippen LogP contribution in [0.1, 0.15) is 60.3 Å². The molecule has 26 heavy (non-hydrogen) atoms. The number of rotatable bonds is 5. The Labute approximate surface area is 154 Å². The second-order valence-corrected chi connectivity index (χ2v) is 7.19. The lowest BCUT2D eigenvalue weighted by atomic mass is 9.91. The second-order valence-electron chi connectivity index (χ2n) is 7.19. The number of fused-ring (bicyclic) bond motifs is 1. The van der Waals surface area contributed by atoms with Gasteiger partial charge >= 0.3 is 0 Å². The Morgan fingerprint density at radius 3 is 2.69 bits per heavy atom. The van der Waals surface area contributed by atoms with Crippen molar-refractivity contribution in [2.75, 3.05) is 0 Å². The molecule has 0 radical (unpaired) electrons. The van der Waals surface area contributed by atoms with Gasteiger partial charge in [0.1, 0.15) is 0 Å². The molecule has 3 aromatic rings. The van der Waals surface area contributed by atoms with E-state index in [0.29, 0.717) is 11.5 Å². The topological polar surface area (TPSA) is 57.8 Å². The minimum absolute atomic E-state index is 0.00379. The zero-order chi connectivity index (χ0) is 17.9. The van der Waals surface area contributed by atoms with Gasteiger partial charge in [-0.25, -0.2) is 0 Å². The van der Waals surface area contributed by atoms with E-state index in [-0.39, 0.29) is 11.9 Å². The van der Waals surface area contributed by atoms with Gasteiger partial charge in [-0.15, -0.1) is 0 Å². The fraction of sp³-hybridized carbons (Fsp3) is 0.364. The van der Waals surface area contributed by atoms with Crippen LogP contribution in [0.25, 0.3) is 10.9 Å². The summed E-state index contributed by atoms with van der Waals surface area (Å²) in [5, 5.41) is 11.7. The van der Waals surface area contributed by atoms with Gasteiger partial charge in [-0.3, -0.25) is 9.89 Å². The fourth-order valence-electron chi connectivity index (χ4n) is 4.12.